The van der Waals surface area contributed by atoms with Gasteiger partial charge in [-0.1, -0.05) is 11.6 Å². The van der Waals surface area contributed by atoms with Crippen LogP contribution in [0.25, 0.3) is 0 Å². The van der Waals surface area contributed by atoms with E-state index < -0.39 is 10.0 Å². The zero-order valence-electron chi connectivity index (χ0n) is 18.8. The summed E-state index contributed by atoms with van der Waals surface area (Å²) in [4.78, 5) is 28.5. The van der Waals surface area contributed by atoms with Gasteiger partial charge in [0.15, 0.2) is 0 Å². The summed E-state index contributed by atoms with van der Waals surface area (Å²) in [6.45, 7) is 4.40. The fourth-order valence-electron chi connectivity index (χ4n) is 3.59. The molecular weight excluding hydrogens is 493 g/mol. The molecule has 10 nitrogen and oxygen atoms in total. The molecule has 1 aromatic carbocycles. The van der Waals surface area contributed by atoms with E-state index >= 15 is 0 Å². The normalized spacial score (nSPS) is 14.6. The number of piperazine rings is 1. The Morgan fingerprint density at radius 2 is 1.73 bits per heavy atom. The van der Waals surface area contributed by atoms with E-state index in [2.05, 4.69) is 14.5 Å². The smallest absolute Gasteiger partial charge is 0.332 e. The molecule has 1 N–H and O–H groups in total. The average Bonchev–Trinajstić information content (AvgIpc) is 2.73. The van der Waals surface area contributed by atoms with E-state index in [0.29, 0.717) is 28.9 Å². The van der Waals surface area contributed by atoms with Crippen molar-refractivity contribution in [2.45, 2.75) is 6.42 Å². The number of halogens is 2. The van der Waals surface area contributed by atoms with E-state index in [0.717, 1.165) is 50.0 Å². The van der Waals surface area contributed by atoms with Crippen molar-refractivity contribution in [3.8, 4) is 5.75 Å². The van der Waals surface area contributed by atoms with Crippen LogP contribution in [0.4, 0.5) is 11.5 Å². The lowest BCUT2D eigenvalue weighted by Gasteiger charge is -2.36. The Morgan fingerprint density at radius 1 is 1.06 bits per heavy atom. The highest BCUT2D eigenvalue weighted by atomic mass is 35.5. The molecule has 1 fully saturated rings. The number of nitrogens with one attached hydrogen (secondary N) is 1. The molecule has 0 atom stereocenters. The molecule has 0 unspecified atom stereocenters. The number of aromatic nitrogens is 2. The van der Waals surface area contributed by atoms with E-state index in [-0.39, 0.29) is 23.7 Å². The minimum Gasteiger partial charge on any atom is -0.492 e. The maximum Gasteiger partial charge on any atom is 0.332 e. The second-order valence-electron chi connectivity index (χ2n) is 7.79. The van der Waals surface area contributed by atoms with Crippen molar-refractivity contribution < 1.29 is 13.2 Å². The Balaban J connectivity index is 0.00000385. The Morgan fingerprint density at radius 3 is 2.33 bits per heavy atom. The summed E-state index contributed by atoms with van der Waals surface area (Å²) in [5.41, 5.74) is -0.246. The van der Waals surface area contributed by atoms with E-state index in [1.54, 1.807) is 19.2 Å². The lowest BCUT2D eigenvalue weighted by molar-refractivity contribution is 0.224. The fourth-order valence-corrected chi connectivity index (χ4v) is 4.38. The average molecular weight is 522 g/mol. The van der Waals surface area contributed by atoms with Crippen molar-refractivity contribution in [1.82, 2.24) is 14.0 Å². The zero-order chi connectivity index (χ0) is 23.5. The number of rotatable bonds is 8. The lowest BCUT2D eigenvalue weighted by atomic mass is 10.3. The molecule has 0 saturated carbocycles. The first kappa shape index (κ1) is 27.0. The largest absolute Gasteiger partial charge is 0.492 e. The van der Waals surface area contributed by atoms with Crippen LogP contribution in [0.1, 0.15) is 6.42 Å². The molecular formula is C20H29Cl2N5O5S. The first-order chi connectivity index (χ1) is 15.0. The summed E-state index contributed by atoms with van der Waals surface area (Å²) in [7, 11) is -0.211. The van der Waals surface area contributed by atoms with Crippen LogP contribution in [0.5, 0.6) is 5.75 Å². The molecule has 0 aliphatic carbocycles. The fraction of sp³-hybridized carbons (Fsp3) is 0.500. The Hall–Kier alpha value is -2.21. The van der Waals surface area contributed by atoms with Crippen molar-refractivity contribution in [2.75, 3.05) is 55.2 Å². The standard InChI is InChI=1S/C20H28ClN5O5S.ClH/c1-23-18(14-19(27)24(2)20(23)28)26-10-8-25(9-11-26)7-4-12-31-17-6-5-15(13-16(17)21)22-32(3,29)30;/h5-6,13-14,22H,4,7-12H2,1-3H3;1H. The second kappa shape index (κ2) is 11.3. The van der Waals surface area contributed by atoms with Gasteiger partial charge in [0.25, 0.3) is 5.56 Å². The van der Waals surface area contributed by atoms with Gasteiger partial charge in [-0.05, 0) is 24.6 Å². The van der Waals surface area contributed by atoms with Gasteiger partial charge in [0.2, 0.25) is 10.0 Å². The molecule has 1 aromatic heterocycles. The molecule has 0 spiro atoms. The topological polar surface area (TPSA) is 106 Å². The van der Waals surface area contributed by atoms with Crippen LogP contribution in [-0.2, 0) is 24.1 Å². The van der Waals surface area contributed by atoms with Gasteiger partial charge in [-0.3, -0.25) is 23.6 Å². The van der Waals surface area contributed by atoms with Gasteiger partial charge in [-0.15, -0.1) is 12.4 Å². The monoisotopic (exact) mass is 521 g/mol. The first-order valence-corrected chi connectivity index (χ1v) is 12.5. The molecule has 13 heteroatoms. The second-order valence-corrected chi connectivity index (χ2v) is 9.95. The van der Waals surface area contributed by atoms with Crippen LogP contribution >= 0.6 is 24.0 Å². The van der Waals surface area contributed by atoms with Crippen LogP contribution < -0.4 is 25.6 Å². The molecule has 1 aliphatic heterocycles. The first-order valence-electron chi connectivity index (χ1n) is 10.2. The number of hydrogen-bond donors (Lipinski definition) is 1. The number of anilines is 2. The van der Waals surface area contributed by atoms with E-state index in [9.17, 15) is 18.0 Å². The van der Waals surface area contributed by atoms with E-state index in [4.69, 9.17) is 16.3 Å². The third-order valence-corrected chi connectivity index (χ3v) is 6.21. The SMILES string of the molecule is Cl.Cn1c(N2CCN(CCCOc3ccc(NS(C)(=O)=O)cc3Cl)CC2)cc(=O)n(C)c1=O. The van der Waals surface area contributed by atoms with Gasteiger partial charge in [0, 0.05) is 52.9 Å². The molecule has 33 heavy (non-hydrogen) atoms. The van der Waals surface area contributed by atoms with Crippen molar-refractivity contribution >= 4 is 45.5 Å². The predicted molar refractivity (Wildman–Crippen MR) is 133 cm³/mol. The Bertz CT molecular complexity index is 1190. The third-order valence-electron chi connectivity index (χ3n) is 5.31. The number of nitrogens with zero attached hydrogens (tertiary/aromatic N) is 4. The highest BCUT2D eigenvalue weighted by Crippen LogP contribution is 2.28. The maximum absolute atomic E-state index is 12.1. The molecule has 1 saturated heterocycles. The van der Waals surface area contributed by atoms with Crippen LogP contribution in [0.2, 0.25) is 5.02 Å². The molecule has 2 aromatic rings. The Labute approximate surface area is 204 Å². The van der Waals surface area contributed by atoms with Gasteiger partial charge in [-0.2, -0.15) is 0 Å². The summed E-state index contributed by atoms with van der Waals surface area (Å²) in [6, 6.07) is 6.27. The Kier molecular flexibility index (Phi) is 9.24. The van der Waals surface area contributed by atoms with E-state index in [1.807, 2.05) is 0 Å². The summed E-state index contributed by atoms with van der Waals surface area (Å²) in [6.07, 6.45) is 1.87. The number of benzene rings is 1. The minimum absolute atomic E-state index is 0. The number of hydrogen-bond acceptors (Lipinski definition) is 7. The van der Waals surface area contributed by atoms with Crippen molar-refractivity contribution in [3.63, 3.8) is 0 Å². The number of sulfonamides is 1. The molecule has 184 valence electrons. The predicted octanol–water partition coefficient (Wildman–Crippen LogP) is 1.12. The molecule has 1 aliphatic rings. The molecule has 0 amide bonds. The van der Waals surface area contributed by atoms with Crippen molar-refractivity contribution in [2.24, 2.45) is 14.1 Å². The van der Waals surface area contributed by atoms with E-state index in [1.165, 1.54) is 23.7 Å². The summed E-state index contributed by atoms with van der Waals surface area (Å²) >= 11 is 6.18. The molecule has 2 heterocycles. The molecule has 0 radical (unpaired) electrons. The summed E-state index contributed by atoms with van der Waals surface area (Å²) in [5.74, 6) is 1.15. The van der Waals surface area contributed by atoms with Gasteiger partial charge >= 0.3 is 5.69 Å². The van der Waals surface area contributed by atoms with Gasteiger partial charge in [-0.25, -0.2) is 13.2 Å². The molecule has 0 bridgehead atoms. The highest BCUT2D eigenvalue weighted by Gasteiger charge is 2.20. The highest BCUT2D eigenvalue weighted by molar-refractivity contribution is 7.92. The van der Waals surface area contributed by atoms with Gasteiger partial charge < -0.3 is 9.64 Å². The summed E-state index contributed by atoms with van der Waals surface area (Å²) < 4.78 is 33.3. The van der Waals surface area contributed by atoms with Gasteiger partial charge in [0.05, 0.1) is 23.6 Å². The quantitative estimate of drug-likeness (QED) is 0.518. The maximum atomic E-state index is 12.1. The minimum atomic E-state index is -3.36. The van der Waals surface area contributed by atoms with Crippen molar-refractivity contribution in [3.05, 3.63) is 50.1 Å². The van der Waals surface area contributed by atoms with Crippen LogP contribution in [0.15, 0.2) is 33.9 Å². The van der Waals surface area contributed by atoms with Gasteiger partial charge in [0.1, 0.15) is 11.6 Å². The molecule has 3 rings (SSSR count). The van der Waals surface area contributed by atoms with Crippen molar-refractivity contribution in [1.29, 1.82) is 0 Å². The zero-order valence-corrected chi connectivity index (χ0v) is 21.2. The summed E-state index contributed by atoms with van der Waals surface area (Å²) in [5, 5.41) is 0.340. The third kappa shape index (κ3) is 7.13. The number of ether oxygens (including phenoxy) is 1. The lowest BCUT2D eigenvalue weighted by Crippen LogP contribution is -2.49. The van der Waals surface area contributed by atoms with Crippen LogP contribution in [0.3, 0.4) is 0 Å². The van der Waals surface area contributed by atoms with Crippen LogP contribution in [0, 0.1) is 0 Å². The van der Waals surface area contributed by atoms with Crippen LogP contribution in [-0.4, -0.2) is 68.0 Å².